The molecule has 0 spiro atoms. The molecule has 0 saturated carbocycles. The summed E-state index contributed by atoms with van der Waals surface area (Å²) in [6.07, 6.45) is 1.50. The molecule has 0 unspecified atom stereocenters. The highest BCUT2D eigenvalue weighted by atomic mass is 32.2. The minimum Gasteiger partial charge on any atom is -0.493 e. The Balaban J connectivity index is 1.95. The zero-order chi connectivity index (χ0) is 18.9. The zero-order valence-corrected chi connectivity index (χ0v) is 16.2. The first-order valence-electron chi connectivity index (χ1n) is 8.59. The topological polar surface area (TPSA) is 81.9 Å². The summed E-state index contributed by atoms with van der Waals surface area (Å²) in [6.45, 7) is 4.47. The van der Waals surface area contributed by atoms with Crippen molar-refractivity contribution in [1.29, 1.82) is 0 Å². The molecule has 0 aliphatic carbocycles. The van der Waals surface area contributed by atoms with Crippen LogP contribution in [0.1, 0.15) is 50.1 Å². The molecule has 0 amide bonds. The second-order valence-electron chi connectivity index (χ2n) is 6.60. The molecule has 1 aliphatic rings. The number of hydrogen-bond donors (Lipinski definition) is 0. The molecular formula is C18H24N2O5S. The van der Waals surface area contributed by atoms with Crippen LogP contribution in [0.5, 0.6) is 11.5 Å². The maximum absolute atomic E-state index is 13.2. The first-order chi connectivity index (χ1) is 12.4. The van der Waals surface area contributed by atoms with Gasteiger partial charge >= 0.3 is 0 Å². The van der Waals surface area contributed by atoms with E-state index < -0.39 is 10.0 Å². The Morgan fingerprint density at radius 3 is 2.54 bits per heavy atom. The molecule has 1 fully saturated rings. The lowest BCUT2D eigenvalue weighted by Gasteiger charge is -2.23. The third-order valence-electron chi connectivity index (χ3n) is 4.62. The van der Waals surface area contributed by atoms with Crippen LogP contribution in [0.4, 0.5) is 0 Å². The van der Waals surface area contributed by atoms with Crippen molar-refractivity contribution in [3.63, 3.8) is 0 Å². The lowest BCUT2D eigenvalue weighted by atomic mass is 10.1. The monoisotopic (exact) mass is 380 g/mol. The lowest BCUT2D eigenvalue weighted by Crippen LogP contribution is -2.30. The Kier molecular flexibility index (Phi) is 5.24. The van der Waals surface area contributed by atoms with Crippen LogP contribution in [0, 0.1) is 0 Å². The summed E-state index contributed by atoms with van der Waals surface area (Å²) < 4.78 is 43.7. The van der Waals surface area contributed by atoms with E-state index in [1.807, 2.05) is 19.9 Å². The van der Waals surface area contributed by atoms with Crippen molar-refractivity contribution >= 4 is 10.0 Å². The first-order valence-corrected chi connectivity index (χ1v) is 10.0. The molecule has 1 aliphatic heterocycles. The maximum atomic E-state index is 13.2. The fourth-order valence-electron chi connectivity index (χ4n) is 3.17. The molecule has 2 heterocycles. The predicted molar refractivity (Wildman–Crippen MR) is 96.0 cm³/mol. The summed E-state index contributed by atoms with van der Waals surface area (Å²) in [5, 5.41) is 4.11. The summed E-state index contributed by atoms with van der Waals surface area (Å²) in [5.41, 5.74) is 0.662. The van der Waals surface area contributed by atoms with Gasteiger partial charge in [-0.05, 0) is 25.0 Å². The van der Waals surface area contributed by atoms with Crippen molar-refractivity contribution in [2.45, 2.75) is 43.5 Å². The normalized spacial score (nSPS) is 18.4. The van der Waals surface area contributed by atoms with Gasteiger partial charge in [-0.25, -0.2) is 8.42 Å². The molecule has 1 saturated heterocycles. The van der Waals surface area contributed by atoms with Gasteiger partial charge in [0.2, 0.25) is 10.0 Å². The van der Waals surface area contributed by atoms with E-state index >= 15 is 0 Å². The SMILES string of the molecule is COc1ccc(S(=O)(=O)N2CCC[C@H]2c2cc(C(C)C)on2)cc1OC. The highest BCUT2D eigenvalue weighted by Crippen LogP contribution is 2.38. The molecule has 0 N–H and O–H groups in total. The van der Waals surface area contributed by atoms with Gasteiger partial charge in [-0.15, -0.1) is 0 Å². The number of hydrogen-bond acceptors (Lipinski definition) is 6. The average Bonchev–Trinajstić information content (AvgIpc) is 3.30. The van der Waals surface area contributed by atoms with Gasteiger partial charge in [-0.1, -0.05) is 19.0 Å². The van der Waals surface area contributed by atoms with Gasteiger partial charge < -0.3 is 14.0 Å². The number of nitrogens with zero attached hydrogens (tertiary/aromatic N) is 2. The number of sulfonamides is 1. The van der Waals surface area contributed by atoms with Gasteiger partial charge in [-0.2, -0.15) is 4.31 Å². The summed E-state index contributed by atoms with van der Waals surface area (Å²) in [6, 6.07) is 6.17. The van der Waals surface area contributed by atoms with Gasteiger partial charge in [0, 0.05) is 24.6 Å². The molecule has 0 radical (unpaired) electrons. The van der Waals surface area contributed by atoms with Crippen LogP contribution in [0.15, 0.2) is 33.7 Å². The van der Waals surface area contributed by atoms with Crippen molar-refractivity contribution in [2.75, 3.05) is 20.8 Å². The molecule has 1 aromatic heterocycles. The minimum absolute atomic E-state index is 0.176. The lowest BCUT2D eigenvalue weighted by molar-refractivity contribution is 0.337. The Bertz CT molecular complexity index is 875. The highest BCUT2D eigenvalue weighted by Gasteiger charge is 2.38. The summed E-state index contributed by atoms with van der Waals surface area (Å²) in [4.78, 5) is 0.176. The number of rotatable bonds is 6. The van der Waals surface area contributed by atoms with Crippen LogP contribution in [-0.2, 0) is 10.0 Å². The predicted octanol–water partition coefficient (Wildman–Crippen LogP) is 3.34. The smallest absolute Gasteiger partial charge is 0.243 e. The summed E-state index contributed by atoms with van der Waals surface area (Å²) in [7, 11) is -0.693. The molecular weight excluding hydrogens is 356 g/mol. The Morgan fingerprint density at radius 1 is 1.19 bits per heavy atom. The fourth-order valence-corrected chi connectivity index (χ4v) is 4.85. The van der Waals surface area contributed by atoms with Crippen molar-refractivity contribution < 1.29 is 22.4 Å². The van der Waals surface area contributed by atoms with E-state index in [1.165, 1.54) is 30.7 Å². The van der Waals surface area contributed by atoms with Crippen LogP contribution in [-0.4, -0.2) is 38.6 Å². The molecule has 0 bridgehead atoms. The van der Waals surface area contributed by atoms with Crippen molar-refractivity contribution in [2.24, 2.45) is 0 Å². The van der Waals surface area contributed by atoms with Gasteiger partial charge in [-0.3, -0.25) is 0 Å². The van der Waals surface area contributed by atoms with Crippen LogP contribution in [0.25, 0.3) is 0 Å². The fraction of sp³-hybridized carbons (Fsp3) is 0.500. The van der Waals surface area contributed by atoms with Crippen LogP contribution in [0.2, 0.25) is 0 Å². The van der Waals surface area contributed by atoms with E-state index in [-0.39, 0.29) is 16.9 Å². The third kappa shape index (κ3) is 3.31. The quantitative estimate of drug-likeness (QED) is 0.764. The van der Waals surface area contributed by atoms with E-state index in [0.29, 0.717) is 23.7 Å². The van der Waals surface area contributed by atoms with Crippen LogP contribution >= 0.6 is 0 Å². The number of aromatic nitrogens is 1. The largest absolute Gasteiger partial charge is 0.493 e. The van der Waals surface area contributed by atoms with Crippen molar-refractivity contribution in [3.8, 4) is 11.5 Å². The molecule has 1 aromatic carbocycles. The van der Waals surface area contributed by atoms with Gasteiger partial charge in [0.05, 0.1) is 25.2 Å². The van der Waals surface area contributed by atoms with Gasteiger partial charge in [0.15, 0.2) is 11.5 Å². The summed E-state index contributed by atoms with van der Waals surface area (Å²) in [5.74, 6) is 1.83. The number of benzene rings is 1. The Labute approximate surface area is 153 Å². The first kappa shape index (κ1) is 18.7. The average molecular weight is 380 g/mol. The maximum Gasteiger partial charge on any atom is 0.243 e. The highest BCUT2D eigenvalue weighted by molar-refractivity contribution is 7.89. The van der Waals surface area contributed by atoms with Crippen LogP contribution < -0.4 is 9.47 Å². The third-order valence-corrected chi connectivity index (χ3v) is 6.53. The van der Waals surface area contributed by atoms with E-state index in [9.17, 15) is 8.42 Å². The zero-order valence-electron chi connectivity index (χ0n) is 15.4. The van der Waals surface area contributed by atoms with E-state index in [4.69, 9.17) is 14.0 Å². The van der Waals surface area contributed by atoms with Crippen molar-refractivity contribution in [3.05, 3.63) is 35.7 Å². The van der Waals surface area contributed by atoms with E-state index in [0.717, 1.165) is 18.6 Å². The molecule has 142 valence electrons. The second kappa shape index (κ2) is 7.28. The minimum atomic E-state index is -3.69. The van der Waals surface area contributed by atoms with E-state index in [2.05, 4.69) is 5.16 Å². The number of methoxy groups -OCH3 is 2. The van der Waals surface area contributed by atoms with Crippen molar-refractivity contribution in [1.82, 2.24) is 9.46 Å². The van der Waals surface area contributed by atoms with Crippen LogP contribution in [0.3, 0.4) is 0 Å². The molecule has 7 nitrogen and oxygen atoms in total. The standard InChI is InChI=1S/C18H24N2O5S/c1-12(2)17-11-14(19-25-17)15-6-5-9-20(15)26(21,22)13-7-8-16(23-3)18(10-13)24-4/h7-8,10-12,15H,5-6,9H2,1-4H3/t15-/m0/s1. The molecule has 3 rings (SSSR count). The van der Waals surface area contributed by atoms with Gasteiger partial charge in [0.1, 0.15) is 11.5 Å². The number of ether oxygens (including phenoxy) is 2. The van der Waals surface area contributed by atoms with Gasteiger partial charge in [0.25, 0.3) is 0 Å². The molecule has 2 aromatic rings. The molecule has 1 atom stereocenters. The molecule has 26 heavy (non-hydrogen) atoms. The summed E-state index contributed by atoms with van der Waals surface area (Å²) >= 11 is 0. The second-order valence-corrected chi connectivity index (χ2v) is 8.49. The Hall–Kier alpha value is -2.06. The Morgan fingerprint density at radius 2 is 1.92 bits per heavy atom. The van der Waals surface area contributed by atoms with E-state index in [1.54, 1.807) is 6.07 Å². The molecule has 8 heteroatoms.